The molecule has 1 aromatic heterocycles. The third kappa shape index (κ3) is 2.82. The van der Waals surface area contributed by atoms with Crippen molar-refractivity contribution in [3.63, 3.8) is 0 Å². The molecular formula is C16H17FN2O2. The van der Waals surface area contributed by atoms with E-state index in [0.717, 1.165) is 19.4 Å². The van der Waals surface area contributed by atoms with E-state index >= 15 is 0 Å². The van der Waals surface area contributed by atoms with Crippen LogP contribution >= 0.6 is 0 Å². The lowest BCUT2D eigenvalue weighted by atomic mass is 10.1. The standard InChI is InChI=1S/C16H17FN2O2/c1-11(20)19-8-4-7-15(19)16-18-10-13(21-16)9-12-5-2-3-6-14(12)17/h2-3,5-6,10,15H,4,7-9H2,1H3. The number of amides is 1. The molecule has 3 rings (SSSR count). The van der Waals surface area contributed by atoms with Gasteiger partial charge in [-0.05, 0) is 24.5 Å². The van der Waals surface area contributed by atoms with Crippen LogP contribution in [0.5, 0.6) is 0 Å². The Hall–Kier alpha value is -2.17. The lowest BCUT2D eigenvalue weighted by Gasteiger charge is -2.20. The number of hydrogen-bond acceptors (Lipinski definition) is 3. The molecule has 1 aromatic carbocycles. The van der Waals surface area contributed by atoms with E-state index < -0.39 is 0 Å². The monoisotopic (exact) mass is 288 g/mol. The molecule has 1 saturated heterocycles. The third-order valence-electron chi connectivity index (χ3n) is 3.84. The van der Waals surface area contributed by atoms with Gasteiger partial charge in [0.2, 0.25) is 11.8 Å². The van der Waals surface area contributed by atoms with E-state index in [-0.39, 0.29) is 17.8 Å². The number of carbonyl (C=O) groups is 1. The Morgan fingerprint density at radius 2 is 2.29 bits per heavy atom. The molecule has 110 valence electrons. The Morgan fingerprint density at radius 3 is 3.05 bits per heavy atom. The molecule has 1 unspecified atom stereocenters. The lowest BCUT2D eigenvalue weighted by molar-refractivity contribution is -0.130. The number of benzene rings is 1. The summed E-state index contributed by atoms with van der Waals surface area (Å²) >= 11 is 0. The molecule has 1 aliphatic heterocycles. The fraction of sp³-hybridized carbons (Fsp3) is 0.375. The van der Waals surface area contributed by atoms with Crippen molar-refractivity contribution in [3.8, 4) is 0 Å². The first-order chi connectivity index (χ1) is 10.1. The summed E-state index contributed by atoms with van der Waals surface area (Å²) in [7, 11) is 0. The smallest absolute Gasteiger partial charge is 0.220 e. The molecular weight excluding hydrogens is 271 g/mol. The van der Waals surface area contributed by atoms with Crippen LogP contribution in [0.25, 0.3) is 0 Å². The maximum Gasteiger partial charge on any atom is 0.220 e. The highest BCUT2D eigenvalue weighted by molar-refractivity contribution is 5.74. The molecule has 0 bridgehead atoms. The van der Waals surface area contributed by atoms with Gasteiger partial charge >= 0.3 is 0 Å². The van der Waals surface area contributed by atoms with Gasteiger partial charge in [-0.2, -0.15) is 0 Å². The fourth-order valence-electron chi connectivity index (χ4n) is 2.79. The summed E-state index contributed by atoms with van der Waals surface area (Å²) in [5.41, 5.74) is 0.579. The second-order valence-electron chi connectivity index (χ2n) is 5.30. The van der Waals surface area contributed by atoms with Gasteiger partial charge in [0.25, 0.3) is 0 Å². The minimum absolute atomic E-state index is 0.0337. The molecule has 5 heteroatoms. The van der Waals surface area contributed by atoms with Gasteiger partial charge < -0.3 is 9.32 Å². The zero-order valence-electron chi connectivity index (χ0n) is 11.9. The number of halogens is 1. The minimum atomic E-state index is -0.248. The Morgan fingerprint density at radius 1 is 1.48 bits per heavy atom. The molecule has 2 aromatic rings. The summed E-state index contributed by atoms with van der Waals surface area (Å²) in [5, 5.41) is 0. The Bertz CT molecular complexity index is 653. The number of hydrogen-bond donors (Lipinski definition) is 0. The van der Waals surface area contributed by atoms with E-state index in [4.69, 9.17) is 4.42 Å². The molecule has 4 nitrogen and oxygen atoms in total. The highest BCUT2D eigenvalue weighted by Gasteiger charge is 2.31. The SMILES string of the molecule is CC(=O)N1CCCC1c1ncc(Cc2ccccc2F)o1. The molecule has 0 spiro atoms. The summed E-state index contributed by atoms with van der Waals surface area (Å²) in [5.74, 6) is 0.951. The molecule has 2 heterocycles. The predicted molar refractivity (Wildman–Crippen MR) is 75.1 cm³/mol. The van der Waals surface area contributed by atoms with E-state index in [9.17, 15) is 9.18 Å². The first kappa shape index (κ1) is 13.8. The van der Waals surface area contributed by atoms with Crippen LogP contribution in [0.4, 0.5) is 4.39 Å². The van der Waals surface area contributed by atoms with Crippen molar-refractivity contribution in [1.29, 1.82) is 0 Å². The van der Waals surface area contributed by atoms with E-state index in [1.54, 1.807) is 36.2 Å². The van der Waals surface area contributed by atoms with Crippen molar-refractivity contribution in [3.05, 3.63) is 53.5 Å². The number of oxazole rings is 1. The minimum Gasteiger partial charge on any atom is -0.443 e. The average molecular weight is 288 g/mol. The second-order valence-corrected chi connectivity index (χ2v) is 5.30. The van der Waals surface area contributed by atoms with Crippen molar-refractivity contribution in [2.75, 3.05) is 6.54 Å². The van der Waals surface area contributed by atoms with Crippen molar-refractivity contribution in [2.45, 2.75) is 32.2 Å². The zero-order valence-corrected chi connectivity index (χ0v) is 11.9. The zero-order chi connectivity index (χ0) is 14.8. The van der Waals surface area contributed by atoms with Crippen molar-refractivity contribution < 1.29 is 13.6 Å². The van der Waals surface area contributed by atoms with Crippen molar-refractivity contribution >= 4 is 5.91 Å². The normalized spacial score (nSPS) is 18.2. The summed E-state index contributed by atoms with van der Waals surface area (Å²) in [4.78, 5) is 17.6. The van der Waals surface area contributed by atoms with Crippen molar-refractivity contribution in [2.24, 2.45) is 0 Å². The van der Waals surface area contributed by atoms with Crippen LogP contribution in [-0.4, -0.2) is 22.3 Å². The topological polar surface area (TPSA) is 46.3 Å². The Balaban J connectivity index is 1.78. The maximum absolute atomic E-state index is 13.6. The quantitative estimate of drug-likeness (QED) is 0.872. The van der Waals surface area contributed by atoms with Gasteiger partial charge in [0.15, 0.2) is 0 Å². The predicted octanol–water partition coefficient (Wildman–Crippen LogP) is 3.09. The first-order valence-corrected chi connectivity index (χ1v) is 7.10. The molecule has 0 aliphatic carbocycles. The van der Waals surface area contributed by atoms with Crippen LogP contribution in [0.2, 0.25) is 0 Å². The van der Waals surface area contributed by atoms with Crippen LogP contribution in [-0.2, 0) is 11.2 Å². The van der Waals surface area contributed by atoms with Gasteiger partial charge in [0.1, 0.15) is 17.6 Å². The van der Waals surface area contributed by atoms with Gasteiger partial charge in [0, 0.05) is 19.9 Å². The van der Waals surface area contributed by atoms with Crippen LogP contribution in [0, 0.1) is 5.82 Å². The summed E-state index contributed by atoms with van der Waals surface area (Å²) < 4.78 is 19.4. The highest BCUT2D eigenvalue weighted by atomic mass is 19.1. The Labute approximate surface area is 122 Å². The van der Waals surface area contributed by atoms with Crippen molar-refractivity contribution in [1.82, 2.24) is 9.88 Å². The molecule has 1 amide bonds. The summed E-state index contributed by atoms with van der Waals surface area (Å²) in [6, 6.07) is 6.53. The van der Waals surface area contributed by atoms with Crippen LogP contribution in [0.1, 0.15) is 43.0 Å². The summed E-state index contributed by atoms with van der Waals surface area (Å²) in [6.45, 7) is 2.30. The molecule has 0 N–H and O–H groups in total. The van der Waals surface area contributed by atoms with Gasteiger partial charge in [-0.3, -0.25) is 4.79 Å². The van der Waals surface area contributed by atoms with Crippen LogP contribution in [0.15, 0.2) is 34.9 Å². The summed E-state index contributed by atoms with van der Waals surface area (Å²) in [6.07, 6.45) is 3.80. The number of rotatable bonds is 3. The molecule has 1 fully saturated rings. The van der Waals surface area contributed by atoms with Gasteiger partial charge in [-0.25, -0.2) is 9.37 Å². The molecule has 21 heavy (non-hydrogen) atoms. The number of carbonyl (C=O) groups excluding carboxylic acids is 1. The van der Waals surface area contributed by atoms with E-state index in [2.05, 4.69) is 4.98 Å². The molecule has 1 aliphatic rings. The second kappa shape index (κ2) is 5.68. The molecule has 0 saturated carbocycles. The van der Waals surface area contributed by atoms with E-state index in [0.29, 0.717) is 23.6 Å². The maximum atomic E-state index is 13.6. The average Bonchev–Trinajstić information content (AvgIpc) is 3.09. The fourth-order valence-corrected chi connectivity index (χ4v) is 2.79. The van der Waals surface area contributed by atoms with E-state index in [1.807, 2.05) is 0 Å². The Kier molecular flexibility index (Phi) is 3.73. The van der Waals surface area contributed by atoms with Gasteiger partial charge in [-0.1, -0.05) is 18.2 Å². The molecule has 0 radical (unpaired) electrons. The lowest BCUT2D eigenvalue weighted by Crippen LogP contribution is -2.28. The van der Waals surface area contributed by atoms with Crippen LogP contribution < -0.4 is 0 Å². The first-order valence-electron chi connectivity index (χ1n) is 7.10. The number of likely N-dealkylation sites (tertiary alicyclic amines) is 1. The third-order valence-corrected chi connectivity index (χ3v) is 3.84. The number of nitrogens with zero attached hydrogens (tertiary/aromatic N) is 2. The molecule has 1 atom stereocenters. The van der Waals surface area contributed by atoms with Gasteiger partial charge in [-0.15, -0.1) is 0 Å². The van der Waals surface area contributed by atoms with Gasteiger partial charge in [0.05, 0.1) is 6.20 Å². The largest absolute Gasteiger partial charge is 0.443 e. The highest BCUT2D eigenvalue weighted by Crippen LogP contribution is 2.31. The van der Waals surface area contributed by atoms with Crippen LogP contribution in [0.3, 0.4) is 0 Å². The number of aromatic nitrogens is 1. The van der Waals surface area contributed by atoms with E-state index in [1.165, 1.54) is 6.07 Å².